The van der Waals surface area contributed by atoms with Crippen LogP contribution in [0.15, 0.2) is 22.8 Å². The van der Waals surface area contributed by atoms with Gasteiger partial charge in [0.2, 0.25) is 0 Å². The van der Waals surface area contributed by atoms with E-state index in [1.54, 1.807) is 11.3 Å². The van der Waals surface area contributed by atoms with E-state index in [2.05, 4.69) is 36.0 Å². The van der Waals surface area contributed by atoms with Gasteiger partial charge in [-0.15, -0.1) is 11.3 Å². The molecule has 1 aliphatic rings. The Morgan fingerprint density at radius 3 is 3.08 bits per heavy atom. The Morgan fingerprint density at radius 1 is 1.42 bits per heavy atom. The highest BCUT2D eigenvalue weighted by atomic mass is 32.1. The minimum atomic E-state index is 0.0985. The van der Waals surface area contributed by atoms with Gasteiger partial charge in [-0.1, -0.05) is 26.0 Å². The number of fused-ring (bicyclic) bond motifs is 1. The van der Waals surface area contributed by atoms with Crippen LogP contribution in [0.1, 0.15) is 13.8 Å². The predicted octanol–water partition coefficient (Wildman–Crippen LogP) is 1.10. The lowest BCUT2D eigenvalue weighted by Crippen LogP contribution is -2.22. The molecule has 0 spiro atoms. The van der Waals surface area contributed by atoms with Crippen LogP contribution in [0.4, 0.5) is 0 Å². The molecule has 62 valence electrons. The molecular weight excluding hydrogens is 168 g/mol. The Morgan fingerprint density at radius 2 is 2.25 bits per heavy atom. The van der Waals surface area contributed by atoms with Gasteiger partial charge in [0.25, 0.3) is 0 Å². The van der Waals surface area contributed by atoms with Crippen molar-refractivity contribution in [2.75, 3.05) is 0 Å². The minimum Gasteiger partial charge on any atom is -0.236 e. The van der Waals surface area contributed by atoms with Crippen molar-refractivity contribution in [1.82, 2.24) is 4.98 Å². The quantitative estimate of drug-likeness (QED) is 0.584. The van der Waals surface area contributed by atoms with Crippen LogP contribution in [0.25, 0.3) is 6.08 Å². The van der Waals surface area contributed by atoms with E-state index in [-0.39, 0.29) is 5.41 Å². The SMILES string of the molecule is CC1(C)C=CN=c2ncsc2=C1. The van der Waals surface area contributed by atoms with Crippen LogP contribution in [0, 0.1) is 5.41 Å². The number of allylic oxidation sites excluding steroid dienone is 1. The second kappa shape index (κ2) is 2.52. The first-order chi connectivity index (χ1) is 5.67. The van der Waals surface area contributed by atoms with E-state index in [0.717, 1.165) is 5.49 Å². The van der Waals surface area contributed by atoms with Gasteiger partial charge in [0.1, 0.15) is 0 Å². The lowest BCUT2D eigenvalue weighted by Gasteiger charge is -2.11. The highest BCUT2D eigenvalue weighted by molar-refractivity contribution is 7.07. The van der Waals surface area contributed by atoms with Crippen molar-refractivity contribution in [2.45, 2.75) is 13.8 Å². The van der Waals surface area contributed by atoms with Gasteiger partial charge in [-0.2, -0.15) is 0 Å². The largest absolute Gasteiger partial charge is 0.236 e. The fourth-order valence-corrected chi connectivity index (χ4v) is 1.98. The maximum Gasteiger partial charge on any atom is 0.169 e. The van der Waals surface area contributed by atoms with E-state index >= 15 is 0 Å². The zero-order valence-corrected chi connectivity index (χ0v) is 7.93. The monoisotopic (exact) mass is 178 g/mol. The second-order valence-electron chi connectivity index (χ2n) is 3.45. The fraction of sp³-hybridized carbons (Fsp3) is 0.333. The predicted molar refractivity (Wildman–Crippen MR) is 50.3 cm³/mol. The van der Waals surface area contributed by atoms with Crippen LogP contribution in [-0.2, 0) is 0 Å². The fourth-order valence-electron chi connectivity index (χ4n) is 1.13. The summed E-state index contributed by atoms with van der Waals surface area (Å²) in [6.45, 7) is 4.32. The first-order valence-electron chi connectivity index (χ1n) is 3.85. The Kier molecular flexibility index (Phi) is 1.61. The number of hydrogen-bond acceptors (Lipinski definition) is 3. The van der Waals surface area contributed by atoms with E-state index in [1.165, 1.54) is 4.53 Å². The summed E-state index contributed by atoms with van der Waals surface area (Å²) in [4.78, 5) is 8.38. The second-order valence-corrected chi connectivity index (χ2v) is 4.34. The van der Waals surface area contributed by atoms with Gasteiger partial charge in [-0.05, 0) is 0 Å². The molecule has 2 heterocycles. The number of rotatable bonds is 0. The van der Waals surface area contributed by atoms with Crippen molar-refractivity contribution in [1.29, 1.82) is 0 Å². The van der Waals surface area contributed by atoms with Gasteiger partial charge < -0.3 is 0 Å². The molecule has 0 bridgehead atoms. The van der Waals surface area contributed by atoms with Crippen LogP contribution < -0.4 is 10.0 Å². The Hall–Kier alpha value is -0.960. The van der Waals surface area contributed by atoms with Crippen LogP contribution in [-0.4, -0.2) is 4.98 Å². The molecule has 2 rings (SSSR count). The van der Waals surface area contributed by atoms with Crippen molar-refractivity contribution >= 4 is 17.4 Å². The molecule has 0 atom stereocenters. The highest BCUT2D eigenvalue weighted by Gasteiger charge is 2.11. The highest BCUT2D eigenvalue weighted by Crippen LogP contribution is 2.19. The molecule has 0 amide bonds. The van der Waals surface area contributed by atoms with Crippen molar-refractivity contribution in [3.63, 3.8) is 0 Å². The van der Waals surface area contributed by atoms with Gasteiger partial charge >= 0.3 is 0 Å². The molecule has 12 heavy (non-hydrogen) atoms. The van der Waals surface area contributed by atoms with Gasteiger partial charge in [0, 0.05) is 11.6 Å². The lowest BCUT2D eigenvalue weighted by atomic mass is 9.94. The number of aromatic nitrogens is 1. The molecular formula is C9H10N2S. The van der Waals surface area contributed by atoms with Crippen LogP contribution >= 0.6 is 11.3 Å². The third-order valence-electron chi connectivity index (χ3n) is 1.78. The van der Waals surface area contributed by atoms with E-state index in [9.17, 15) is 0 Å². The van der Waals surface area contributed by atoms with Gasteiger partial charge in [-0.25, -0.2) is 9.98 Å². The molecule has 0 fully saturated rings. The molecule has 0 N–H and O–H groups in total. The zero-order valence-electron chi connectivity index (χ0n) is 7.11. The van der Waals surface area contributed by atoms with Gasteiger partial charge in [0.15, 0.2) is 5.49 Å². The molecule has 1 aromatic heterocycles. The van der Waals surface area contributed by atoms with Crippen LogP contribution in [0.5, 0.6) is 0 Å². The first-order valence-corrected chi connectivity index (χ1v) is 4.73. The molecule has 0 radical (unpaired) electrons. The molecule has 0 aliphatic carbocycles. The van der Waals surface area contributed by atoms with Crippen molar-refractivity contribution in [3.8, 4) is 0 Å². The summed E-state index contributed by atoms with van der Waals surface area (Å²) in [5.41, 5.74) is 2.78. The normalized spacial score (nSPS) is 18.8. The number of thiazole rings is 1. The molecule has 3 heteroatoms. The first kappa shape index (κ1) is 7.68. The van der Waals surface area contributed by atoms with Crippen molar-refractivity contribution in [3.05, 3.63) is 27.8 Å². The summed E-state index contributed by atoms with van der Waals surface area (Å²) in [5.74, 6) is 0. The molecule has 0 aromatic carbocycles. The summed E-state index contributed by atoms with van der Waals surface area (Å²) in [6, 6.07) is 0. The van der Waals surface area contributed by atoms with Gasteiger partial charge in [0.05, 0.1) is 10.0 Å². The Bertz CT molecular complexity index is 426. The maximum atomic E-state index is 4.23. The zero-order chi connectivity index (χ0) is 8.60. The minimum absolute atomic E-state index is 0.0985. The average molecular weight is 178 g/mol. The topological polar surface area (TPSA) is 25.2 Å². The Balaban J connectivity index is 2.75. The van der Waals surface area contributed by atoms with Crippen molar-refractivity contribution in [2.24, 2.45) is 10.4 Å². The summed E-state index contributed by atoms with van der Waals surface area (Å²) in [5, 5.41) is 0. The summed E-state index contributed by atoms with van der Waals surface area (Å²) in [6.07, 6.45) is 6.12. The molecule has 2 nitrogen and oxygen atoms in total. The van der Waals surface area contributed by atoms with Crippen LogP contribution in [0.2, 0.25) is 0 Å². The van der Waals surface area contributed by atoms with E-state index in [1.807, 2.05) is 11.7 Å². The van der Waals surface area contributed by atoms with E-state index < -0.39 is 0 Å². The molecule has 1 aromatic rings. The van der Waals surface area contributed by atoms with Gasteiger partial charge in [-0.3, -0.25) is 0 Å². The maximum absolute atomic E-state index is 4.23. The van der Waals surface area contributed by atoms with E-state index in [0.29, 0.717) is 0 Å². The standard InChI is InChI=1S/C9H10N2S/c1-9(2)3-4-10-8-7(5-9)12-6-11-8/h3-6H,1-2H3. The summed E-state index contributed by atoms with van der Waals surface area (Å²) >= 11 is 1.64. The third-order valence-corrected chi connectivity index (χ3v) is 2.54. The third kappa shape index (κ3) is 1.32. The molecule has 0 unspecified atom stereocenters. The van der Waals surface area contributed by atoms with Crippen molar-refractivity contribution < 1.29 is 0 Å². The number of nitrogens with zero attached hydrogens (tertiary/aromatic N) is 2. The smallest absolute Gasteiger partial charge is 0.169 e. The molecule has 0 saturated carbocycles. The molecule has 1 aliphatic heterocycles. The number of hydrogen-bond donors (Lipinski definition) is 0. The van der Waals surface area contributed by atoms with E-state index in [4.69, 9.17) is 0 Å². The van der Waals surface area contributed by atoms with Crippen LogP contribution in [0.3, 0.4) is 0 Å². The summed E-state index contributed by atoms with van der Waals surface area (Å²) in [7, 11) is 0. The summed E-state index contributed by atoms with van der Waals surface area (Å²) < 4.78 is 1.17. The average Bonchev–Trinajstić information content (AvgIpc) is 2.31. The molecule has 0 saturated heterocycles. The lowest BCUT2D eigenvalue weighted by molar-refractivity contribution is 0.670. The Labute approximate surface area is 75.0 Å².